The fourth-order valence-corrected chi connectivity index (χ4v) is 3.69. The Hall–Kier alpha value is -4.39. The van der Waals surface area contributed by atoms with Crippen LogP contribution in [0.15, 0.2) is 83.6 Å². The molecule has 0 saturated heterocycles. The van der Waals surface area contributed by atoms with E-state index in [1.54, 1.807) is 18.2 Å². The number of ketones is 1. The maximum atomic E-state index is 13.0. The Balaban J connectivity index is 1.70. The average molecular weight is 442 g/mol. The van der Waals surface area contributed by atoms with Crippen molar-refractivity contribution in [1.82, 2.24) is 5.43 Å². The molecule has 4 rings (SSSR count). The van der Waals surface area contributed by atoms with Crippen molar-refractivity contribution in [3.05, 3.63) is 95.2 Å². The van der Waals surface area contributed by atoms with Gasteiger partial charge in [0.25, 0.3) is 0 Å². The molecule has 7 nitrogen and oxygen atoms in total. The number of hydrogen-bond donors (Lipinski definition) is 1. The number of esters is 1. The van der Waals surface area contributed by atoms with Crippen LogP contribution >= 0.6 is 0 Å². The predicted molar refractivity (Wildman–Crippen MR) is 125 cm³/mol. The van der Waals surface area contributed by atoms with Gasteiger partial charge in [-0.1, -0.05) is 48.5 Å². The van der Waals surface area contributed by atoms with Crippen molar-refractivity contribution in [2.45, 2.75) is 0 Å². The number of methoxy groups -OCH3 is 3. The largest absolute Gasteiger partial charge is 0.497 e. The van der Waals surface area contributed by atoms with E-state index in [1.807, 2.05) is 48.5 Å². The number of hydrogen-bond acceptors (Lipinski definition) is 7. The summed E-state index contributed by atoms with van der Waals surface area (Å²) in [5.41, 5.74) is 7.54. The normalized spacial score (nSPS) is 11.8. The van der Waals surface area contributed by atoms with Crippen LogP contribution in [-0.2, 0) is 9.53 Å². The highest BCUT2D eigenvalue weighted by Crippen LogP contribution is 2.36. The molecule has 1 aliphatic carbocycles. The van der Waals surface area contributed by atoms with Gasteiger partial charge < -0.3 is 14.2 Å². The van der Waals surface area contributed by atoms with E-state index in [2.05, 4.69) is 10.5 Å². The molecule has 0 aromatic heterocycles. The van der Waals surface area contributed by atoms with Crippen molar-refractivity contribution < 1.29 is 23.8 Å². The molecular weight excluding hydrogens is 420 g/mol. The second-order valence-electron chi connectivity index (χ2n) is 7.14. The molecule has 0 saturated carbocycles. The molecule has 1 aliphatic rings. The molecule has 0 unspecified atom stereocenters. The minimum Gasteiger partial charge on any atom is -0.497 e. The smallest absolute Gasteiger partial charge is 0.356 e. The molecule has 166 valence electrons. The predicted octanol–water partition coefficient (Wildman–Crippen LogP) is 3.97. The molecule has 0 radical (unpaired) electrons. The number of allylic oxidation sites excluding steroid dienone is 1. The zero-order valence-corrected chi connectivity index (χ0v) is 18.4. The maximum Gasteiger partial charge on any atom is 0.356 e. The van der Waals surface area contributed by atoms with Gasteiger partial charge in [0.1, 0.15) is 17.2 Å². The third kappa shape index (κ3) is 4.21. The quantitative estimate of drug-likeness (QED) is 0.202. The Morgan fingerprint density at radius 1 is 0.818 bits per heavy atom. The highest BCUT2D eigenvalue weighted by atomic mass is 16.5. The maximum absolute atomic E-state index is 13.0. The van der Waals surface area contributed by atoms with E-state index in [4.69, 9.17) is 14.2 Å². The zero-order chi connectivity index (χ0) is 23.4. The van der Waals surface area contributed by atoms with E-state index in [1.165, 1.54) is 21.3 Å². The van der Waals surface area contributed by atoms with Gasteiger partial charge in [0.2, 0.25) is 0 Å². The number of carbonyl (C=O) groups is 2. The highest BCUT2D eigenvalue weighted by molar-refractivity contribution is 6.24. The van der Waals surface area contributed by atoms with Crippen molar-refractivity contribution in [1.29, 1.82) is 0 Å². The molecule has 0 aliphatic heterocycles. The van der Waals surface area contributed by atoms with Crippen LogP contribution in [0.1, 0.15) is 21.5 Å². The molecule has 0 bridgehead atoms. The lowest BCUT2D eigenvalue weighted by molar-refractivity contribution is -0.136. The third-order valence-corrected chi connectivity index (χ3v) is 5.30. The summed E-state index contributed by atoms with van der Waals surface area (Å²) in [5.74, 6) is -0.303. The topological polar surface area (TPSA) is 86.2 Å². The first kappa shape index (κ1) is 21.8. The Kier molecular flexibility index (Phi) is 6.22. The van der Waals surface area contributed by atoms with Gasteiger partial charge in [0.15, 0.2) is 5.78 Å². The summed E-state index contributed by atoms with van der Waals surface area (Å²) in [5, 5.41) is 4.49. The number of benzene rings is 3. The molecule has 3 aromatic carbocycles. The van der Waals surface area contributed by atoms with Crippen LogP contribution in [0.2, 0.25) is 0 Å². The van der Waals surface area contributed by atoms with Gasteiger partial charge in [-0.25, -0.2) is 4.79 Å². The van der Waals surface area contributed by atoms with Crippen molar-refractivity contribution in [3.8, 4) is 22.6 Å². The van der Waals surface area contributed by atoms with Crippen molar-refractivity contribution >= 4 is 17.5 Å². The van der Waals surface area contributed by atoms with Crippen molar-refractivity contribution in [2.75, 3.05) is 21.3 Å². The summed E-state index contributed by atoms with van der Waals surface area (Å²) >= 11 is 0. The van der Waals surface area contributed by atoms with Gasteiger partial charge in [0, 0.05) is 23.3 Å². The number of hydrazone groups is 1. The first-order chi connectivity index (χ1) is 16.1. The molecular formula is C26H22N2O5. The van der Waals surface area contributed by atoms with Crippen molar-refractivity contribution in [2.24, 2.45) is 5.10 Å². The van der Waals surface area contributed by atoms with Crippen molar-refractivity contribution in [3.63, 3.8) is 0 Å². The van der Waals surface area contributed by atoms with Crippen LogP contribution < -0.4 is 14.9 Å². The van der Waals surface area contributed by atoms with Crippen LogP contribution in [0.25, 0.3) is 11.1 Å². The summed E-state index contributed by atoms with van der Waals surface area (Å²) in [7, 11) is 4.22. The molecule has 0 atom stereocenters. The number of ether oxygens (including phenoxy) is 3. The Morgan fingerprint density at radius 3 is 1.97 bits per heavy atom. The van der Waals surface area contributed by atoms with E-state index in [0.717, 1.165) is 28.3 Å². The first-order valence-corrected chi connectivity index (χ1v) is 10.2. The summed E-state index contributed by atoms with van der Waals surface area (Å²) in [4.78, 5) is 25.4. The van der Waals surface area contributed by atoms with Crippen LogP contribution in [0.5, 0.6) is 11.5 Å². The molecule has 0 spiro atoms. The molecule has 0 heterocycles. The molecule has 7 heteroatoms. The lowest BCUT2D eigenvalue weighted by atomic mass is 10.1. The fourth-order valence-electron chi connectivity index (χ4n) is 3.69. The summed E-state index contributed by atoms with van der Waals surface area (Å²) in [6, 6.07) is 20.6. The first-order valence-electron chi connectivity index (χ1n) is 10.2. The minimum atomic E-state index is -0.722. The molecule has 1 N–H and O–H groups in total. The van der Waals surface area contributed by atoms with Crippen LogP contribution in [-0.4, -0.2) is 38.8 Å². The van der Waals surface area contributed by atoms with Crippen LogP contribution in [0, 0.1) is 0 Å². The van der Waals surface area contributed by atoms with Gasteiger partial charge in [-0.2, -0.15) is 5.10 Å². The fraction of sp³-hybridized carbons (Fsp3) is 0.115. The lowest BCUT2D eigenvalue weighted by Gasteiger charge is -2.10. The zero-order valence-electron chi connectivity index (χ0n) is 18.4. The second kappa shape index (κ2) is 9.40. The molecule has 0 fully saturated rings. The average Bonchev–Trinajstić information content (AvgIpc) is 3.19. The van der Waals surface area contributed by atoms with Gasteiger partial charge in [0.05, 0.1) is 32.6 Å². The number of carbonyl (C=O) groups excluding carboxylic acids is 2. The van der Waals surface area contributed by atoms with E-state index in [9.17, 15) is 9.59 Å². The lowest BCUT2D eigenvalue weighted by Crippen LogP contribution is -2.20. The second-order valence-corrected chi connectivity index (χ2v) is 7.14. The summed E-state index contributed by atoms with van der Waals surface area (Å²) < 4.78 is 15.3. The SMILES string of the molecule is COC(=O)/C(=C/C(=O)c1ccc(OC)cc1OC)NN=C1c2ccccc2-c2ccccc21. The van der Waals surface area contributed by atoms with Gasteiger partial charge in [-0.15, -0.1) is 0 Å². The number of nitrogens with zero attached hydrogens (tertiary/aromatic N) is 1. The summed E-state index contributed by atoms with van der Waals surface area (Å²) in [6.45, 7) is 0. The number of rotatable bonds is 7. The standard InChI is InChI=1S/C26H22N2O5/c1-31-16-12-13-21(24(14-16)32-2)23(29)15-22(26(30)33-3)27-28-25-19-10-6-4-8-17(19)18-9-5-7-11-20(18)25/h4-15,27H,1-3H3/b22-15-. The summed E-state index contributed by atoms with van der Waals surface area (Å²) in [6.07, 6.45) is 1.15. The van der Waals surface area contributed by atoms with Crippen LogP contribution in [0.3, 0.4) is 0 Å². The minimum absolute atomic E-state index is 0.102. The van der Waals surface area contributed by atoms with E-state index < -0.39 is 11.8 Å². The Labute approximate surface area is 191 Å². The Morgan fingerprint density at radius 2 is 1.42 bits per heavy atom. The van der Waals surface area contributed by atoms with Crippen LogP contribution in [0.4, 0.5) is 0 Å². The molecule has 0 amide bonds. The molecule has 33 heavy (non-hydrogen) atoms. The Bertz CT molecular complexity index is 1250. The molecule has 3 aromatic rings. The highest BCUT2D eigenvalue weighted by Gasteiger charge is 2.24. The van der Waals surface area contributed by atoms with E-state index in [0.29, 0.717) is 17.2 Å². The van der Waals surface area contributed by atoms with E-state index >= 15 is 0 Å². The van der Waals surface area contributed by atoms with Gasteiger partial charge in [-0.05, 0) is 23.3 Å². The number of nitrogens with one attached hydrogen (secondary N) is 1. The number of fused-ring (bicyclic) bond motifs is 3. The van der Waals surface area contributed by atoms with E-state index in [-0.39, 0.29) is 11.3 Å². The monoisotopic (exact) mass is 442 g/mol. The third-order valence-electron chi connectivity index (χ3n) is 5.30. The van der Waals surface area contributed by atoms with Gasteiger partial charge in [-0.3, -0.25) is 10.2 Å². The van der Waals surface area contributed by atoms with Gasteiger partial charge >= 0.3 is 5.97 Å².